The van der Waals surface area contributed by atoms with Crippen LogP contribution in [0.1, 0.15) is 19.2 Å². The Morgan fingerprint density at radius 2 is 2.39 bits per heavy atom. The van der Waals surface area contributed by atoms with E-state index in [0.29, 0.717) is 5.88 Å². The zero-order valence-corrected chi connectivity index (χ0v) is 12.5. The van der Waals surface area contributed by atoms with Crippen LogP contribution in [-0.2, 0) is 16.2 Å². The Labute approximate surface area is 119 Å². The molecule has 2 aromatic rings. The van der Waals surface area contributed by atoms with Gasteiger partial charge >= 0.3 is 0 Å². The van der Waals surface area contributed by atoms with Gasteiger partial charge < -0.3 is 9.30 Å². The number of aromatic nitrogens is 2. The summed E-state index contributed by atoms with van der Waals surface area (Å²) < 4.78 is 8.84. The lowest BCUT2D eigenvalue weighted by Crippen LogP contribution is -2.31. The Morgan fingerprint density at radius 1 is 1.56 bits per heavy atom. The number of ether oxygens (including phenoxy) is 1. The maximum atomic E-state index is 6.05. The van der Waals surface area contributed by atoms with Crippen LogP contribution in [0.5, 0.6) is 0 Å². The minimum Gasteiger partial charge on any atom is -0.379 e. The third-order valence-electron chi connectivity index (χ3n) is 3.54. The highest BCUT2D eigenvalue weighted by atomic mass is 79.9. The van der Waals surface area contributed by atoms with Crippen molar-refractivity contribution in [3.05, 3.63) is 28.5 Å². The van der Waals surface area contributed by atoms with Gasteiger partial charge in [0.1, 0.15) is 5.82 Å². The van der Waals surface area contributed by atoms with Gasteiger partial charge in [0.15, 0.2) is 0 Å². The van der Waals surface area contributed by atoms with E-state index in [4.69, 9.17) is 16.3 Å². The summed E-state index contributed by atoms with van der Waals surface area (Å²) in [5.41, 5.74) is 2.07. The molecule has 3 nitrogen and oxygen atoms in total. The summed E-state index contributed by atoms with van der Waals surface area (Å²) in [5.74, 6) is 1.33. The fraction of sp³-hybridized carbons (Fsp3) is 0.462. The zero-order valence-electron chi connectivity index (χ0n) is 10.1. The second kappa shape index (κ2) is 4.51. The summed E-state index contributed by atoms with van der Waals surface area (Å²) in [6.07, 6.45) is 0.998. The molecule has 1 aromatic carbocycles. The predicted octanol–water partition coefficient (Wildman–Crippen LogP) is 3.67. The average molecular weight is 330 g/mol. The Morgan fingerprint density at radius 3 is 3.06 bits per heavy atom. The number of imidazole rings is 1. The molecule has 1 saturated heterocycles. The van der Waals surface area contributed by atoms with Crippen LogP contribution in [0.2, 0.25) is 0 Å². The fourth-order valence-corrected chi connectivity index (χ4v) is 3.16. The van der Waals surface area contributed by atoms with Crippen LogP contribution in [0.25, 0.3) is 11.0 Å². The molecule has 18 heavy (non-hydrogen) atoms. The second-order valence-electron chi connectivity index (χ2n) is 4.93. The Bertz CT molecular complexity index is 590. The molecule has 0 bridgehead atoms. The maximum Gasteiger partial charge on any atom is 0.125 e. The third kappa shape index (κ3) is 1.87. The molecule has 0 N–H and O–H groups in total. The van der Waals surface area contributed by atoms with Gasteiger partial charge in [0, 0.05) is 11.1 Å². The zero-order chi connectivity index (χ0) is 12.8. The van der Waals surface area contributed by atoms with Crippen molar-refractivity contribution in [1.29, 1.82) is 0 Å². The molecular weight excluding hydrogens is 316 g/mol. The van der Waals surface area contributed by atoms with E-state index >= 15 is 0 Å². The highest BCUT2D eigenvalue weighted by molar-refractivity contribution is 9.10. The number of rotatable bonds is 2. The van der Waals surface area contributed by atoms with Gasteiger partial charge in [-0.1, -0.05) is 15.9 Å². The van der Waals surface area contributed by atoms with Crippen molar-refractivity contribution < 1.29 is 4.74 Å². The van der Waals surface area contributed by atoms with E-state index in [1.165, 1.54) is 0 Å². The van der Waals surface area contributed by atoms with Gasteiger partial charge in [-0.25, -0.2) is 4.98 Å². The summed E-state index contributed by atoms with van der Waals surface area (Å²) in [4.78, 5) is 4.63. The van der Waals surface area contributed by atoms with Crippen LogP contribution in [0.15, 0.2) is 22.7 Å². The largest absolute Gasteiger partial charge is 0.379 e. The molecule has 0 aliphatic carbocycles. The predicted molar refractivity (Wildman–Crippen MR) is 76.1 cm³/mol. The number of hydrogen-bond acceptors (Lipinski definition) is 2. The molecule has 1 aliphatic rings. The molecule has 1 fully saturated rings. The summed E-state index contributed by atoms with van der Waals surface area (Å²) >= 11 is 9.53. The van der Waals surface area contributed by atoms with E-state index in [1.807, 2.05) is 12.1 Å². The molecule has 1 unspecified atom stereocenters. The molecule has 1 aliphatic heterocycles. The van der Waals surface area contributed by atoms with Gasteiger partial charge in [-0.15, -0.1) is 11.6 Å². The van der Waals surface area contributed by atoms with Gasteiger partial charge in [-0.05, 0) is 31.5 Å². The second-order valence-corrected chi connectivity index (χ2v) is 6.11. The maximum absolute atomic E-state index is 6.05. The first-order valence-corrected chi connectivity index (χ1v) is 7.28. The number of benzene rings is 1. The SMILES string of the molecule is CC1(n2c(CCl)nc3cc(Br)ccc32)CCOC1. The number of hydrogen-bond donors (Lipinski definition) is 0. The molecule has 1 atom stereocenters. The summed E-state index contributed by atoms with van der Waals surface area (Å²) in [7, 11) is 0. The number of alkyl halides is 1. The van der Waals surface area contributed by atoms with Crippen LogP contribution in [0.3, 0.4) is 0 Å². The van der Waals surface area contributed by atoms with E-state index in [9.17, 15) is 0 Å². The van der Waals surface area contributed by atoms with Gasteiger partial charge in [0.2, 0.25) is 0 Å². The minimum atomic E-state index is -0.0349. The van der Waals surface area contributed by atoms with Crippen LogP contribution >= 0.6 is 27.5 Å². The lowest BCUT2D eigenvalue weighted by molar-refractivity contribution is 0.162. The molecule has 0 spiro atoms. The van der Waals surface area contributed by atoms with Crippen molar-refractivity contribution in [2.24, 2.45) is 0 Å². The Kier molecular flexibility index (Phi) is 3.12. The van der Waals surface area contributed by atoms with Crippen molar-refractivity contribution in [3.8, 4) is 0 Å². The first kappa shape index (κ1) is 12.5. The fourth-order valence-electron chi connectivity index (χ4n) is 2.63. The smallest absolute Gasteiger partial charge is 0.125 e. The van der Waals surface area contributed by atoms with Crippen LogP contribution in [0, 0.1) is 0 Å². The third-order valence-corrected chi connectivity index (χ3v) is 4.28. The van der Waals surface area contributed by atoms with E-state index in [0.717, 1.165) is 41.0 Å². The number of nitrogens with zero attached hydrogens (tertiary/aromatic N) is 2. The van der Waals surface area contributed by atoms with Gasteiger partial charge in [-0.2, -0.15) is 0 Å². The Hall–Kier alpha value is -0.580. The number of fused-ring (bicyclic) bond motifs is 1. The van der Waals surface area contributed by atoms with Crippen molar-refractivity contribution in [2.45, 2.75) is 24.8 Å². The van der Waals surface area contributed by atoms with Gasteiger partial charge in [0.05, 0.1) is 29.1 Å². The lowest BCUT2D eigenvalue weighted by Gasteiger charge is -2.26. The van der Waals surface area contributed by atoms with Crippen molar-refractivity contribution >= 4 is 38.6 Å². The highest BCUT2D eigenvalue weighted by Crippen LogP contribution is 2.33. The standard InChI is InChI=1S/C13H14BrClN2O/c1-13(4-5-18-8-13)17-11-3-2-9(14)6-10(11)16-12(17)7-15/h2-3,6H,4-5,7-8H2,1H3. The van der Waals surface area contributed by atoms with E-state index in [1.54, 1.807) is 0 Å². The molecule has 0 saturated carbocycles. The quantitative estimate of drug-likeness (QED) is 0.786. The van der Waals surface area contributed by atoms with Gasteiger partial charge in [0.25, 0.3) is 0 Å². The first-order valence-electron chi connectivity index (χ1n) is 5.95. The summed E-state index contributed by atoms with van der Waals surface area (Å²) in [6.45, 7) is 3.73. The van der Waals surface area contributed by atoms with E-state index in [2.05, 4.69) is 38.5 Å². The number of halogens is 2. The average Bonchev–Trinajstić information content (AvgIpc) is 2.92. The van der Waals surface area contributed by atoms with Crippen molar-refractivity contribution in [3.63, 3.8) is 0 Å². The monoisotopic (exact) mass is 328 g/mol. The molecule has 0 amide bonds. The molecule has 5 heteroatoms. The van der Waals surface area contributed by atoms with Crippen molar-refractivity contribution in [1.82, 2.24) is 9.55 Å². The van der Waals surface area contributed by atoms with Crippen LogP contribution in [-0.4, -0.2) is 22.8 Å². The minimum absolute atomic E-state index is 0.0349. The van der Waals surface area contributed by atoms with E-state index < -0.39 is 0 Å². The van der Waals surface area contributed by atoms with Crippen LogP contribution in [0.4, 0.5) is 0 Å². The topological polar surface area (TPSA) is 27.1 Å². The van der Waals surface area contributed by atoms with Gasteiger partial charge in [-0.3, -0.25) is 0 Å². The lowest BCUT2D eigenvalue weighted by atomic mass is 10.0. The molecule has 0 radical (unpaired) electrons. The van der Waals surface area contributed by atoms with Crippen molar-refractivity contribution in [2.75, 3.05) is 13.2 Å². The molecule has 96 valence electrons. The highest BCUT2D eigenvalue weighted by Gasteiger charge is 2.34. The Balaban J connectivity index is 2.25. The van der Waals surface area contributed by atoms with Crippen LogP contribution < -0.4 is 0 Å². The first-order chi connectivity index (χ1) is 8.64. The molecule has 2 heterocycles. The normalized spacial score (nSPS) is 23.9. The summed E-state index contributed by atoms with van der Waals surface area (Å²) in [5, 5.41) is 0. The van der Waals surface area contributed by atoms with E-state index in [-0.39, 0.29) is 5.54 Å². The molecule has 1 aromatic heterocycles. The summed E-state index contributed by atoms with van der Waals surface area (Å²) in [6, 6.07) is 6.16. The molecule has 3 rings (SSSR count). The molecular formula is C13H14BrClN2O.